The third-order valence-electron chi connectivity index (χ3n) is 2.74. The van der Waals surface area contributed by atoms with Gasteiger partial charge in [-0.25, -0.2) is 0 Å². The summed E-state index contributed by atoms with van der Waals surface area (Å²) in [5, 5.41) is 0. The van der Waals surface area contributed by atoms with Crippen LogP contribution in [0.4, 0.5) is 0 Å². The maximum absolute atomic E-state index is 2.35. The van der Waals surface area contributed by atoms with E-state index in [-0.39, 0.29) is 0 Å². The molecule has 2 aliphatic rings. The zero-order chi connectivity index (χ0) is 7.68. The van der Waals surface area contributed by atoms with Gasteiger partial charge in [-0.2, -0.15) is 0 Å². The predicted molar refractivity (Wildman–Crippen MR) is 48.3 cm³/mol. The van der Waals surface area contributed by atoms with E-state index in [0.29, 0.717) is 5.92 Å². The predicted octanol–water partition coefficient (Wildman–Crippen LogP) is 3.08. The standard InChI is InChI=1S/C11H14/c1-9-5-4-7-10-6-2-3-8-11(9)10/h2,4-7,10-11H,3,8H2,1H3. The van der Waals surface area contributed by atoms with Crippen molar-refractivity contribution in [2.75, 3.05) is 0 Å². The van der Waals surface area contributed by atoms with Crippen molar-refractivity contribution in [1.82, 2.24) is 0 Å². The van der Waals surface area contributed by atoms with Gasteiger partial charge in [0.1, 0.15) is 0 Å². The van der Waals surface area contributed by atoms with E-state index < -0.39 is 0 Å². The summed E-state index contributed by atoms with van der Waals surface area (Å²) in [4.78, 5) is 0. The summed E-state index contributed by atoms with van der Waals surface area (Å²) in [6, 6.07) is 0. The van der Waals surface area contributed by atoms with Crippen LogP contribution in [0.25, 0.3) is 0 Å². The lowest BCUT2D eigenvalue weighted by molar-refractivity contribution is 0.466. The van der Waals surface area contributed by atoms with Crippen molar-refractivity contribution in [3.8, 4) is 0 Å². The van der Waals surface area contributed by atoms with Crippen molar-refractivity contribution < 1.29 is 0 Å². The Labute approximate surface area is 68.3 Å². The molecule has 0 aliphatic heterocycles. The van der Waals surface area contributed by atoms with E-state index >= 15 is 0 Å². The Morgan fingerprint density at radius 2 is 2.27 bits per heavy atom. The second kappa shape index (κ2) is 2.69. The van der Waals surface area contributed by atoms with Crippen LogP contribution < -0.4 is 0 Å². The Balaban J connectivity index is 2.27. The van der Waals surface area contributed by atoms with Crippen LogP contribution in [0, 0.1) is 11.8 Å². The highest BCUT2D eigenvalue weighted by Gasteiger charge is 2.21. The van der Waals surface area contributed by atoms with E-state index in [0.717, 1.165) is 5.92 Å². The molecule has 0 bridgehead atoms. The third kappa shape index (κ3) is 1.18. The minimum absolute atomic E-state index is 0.703. The van der Waals surface area contributed by atoms with Gasteiger partial charge >= 0.3 is 0 Å². The molecule has 0 heteroatoms. The molecule has 0 saturated carbocycles. The Morgan fingerprint density at radius 3 is 3.09 bits per heavy atom. The van der Waals surface area contributed by atoms with Crippen molar-refractivity contribution in [3.05, 3.63) is 36.0 Å². The van der Waals surface area contributed by atoms with Gasteiger partial charge in [0.05, 0.1) is 0 Å². The first kappa shape index (κ1) is 6.90. The number of hydrogen-bond donors (Lipinski definition) is 0. The molecule has 0 nitrogen and oxygen atoms in total. The summed E-state index contributed by atoms with van der Waals surface area (Å²) < 4.78 is 0. The molecular formula is C11H14. The molecule has 0 radical (unpaired) electrons. The van der Waals surface area contributed by atoms with Gasteiger partial charge in [0.15, 0.2) is 0 Å². The number of rotatable bonds is 0. The summed E-state index contributed by atoms with van der Waals surface area (Å²) in [6.07, 6.45) is 14.0. The van der Waals surface area contributed by atoms with E-state index in [9.17, 15) is 0 Å². The number of fused-ring (bicyclic) bond motifs is 1. The molecular weight excluding hydrogens is 132 g/mol. The minimum atomic E-state index is 0.703. The van der Waals surface area contributed by atoms with Crippen LogP contribution in [0.5, 0.6) is 0 Å². The molecule has 2 atom stereocenters. The Bertz CT molecular complexity index is 230. The first-order chi connectivity index (χ1) is 5.38. The lowest BCUT2D eigenvalue weighted by atomic mass is 9.77. The molecule has 2 rings (SSSR count). The number of allylic oxidation sites excluding steroid dienone is 6. The largest absolute Gasteiger partial charge is 0.0879 e. The molecule has 0 saturated heterocycles. The quantitative estimate of drug-likeness (QED) is 0.461. The maximum Gasteiger partial charge on any atom is 0.00153 e. The van der Waals surface area contributed by atoms with Gasteiger partial charge in [-0.05, 0) is 25.7 Å². The first-order valence-corrected chi connectivity index (χ1v) is 4.39. The molecule has 0 aromatic heterocycles. The molecule has 0 fully saturated rings. The van der Waals surface area contributed by atoms with E-state index in [2.05, 4.69) is 37.3 Å². The van der Waals surface area contributed by atoms with Gasteiger partial charge in [-0.15, -0.1) is 0 Å². The fraction of sp³-hybridized carbons (Fsp3) is 0.455. The smallest absolute Gasteiger partial charge is 0.00153 e. The van der Waals surface area contributed by atoms with E-state index in [1.807, 2.05) is 0 Å². The van der Waals surface area contributed by atoms with Crippen LogP contribution in [-0.4, -0.2) is 0 Å². The molecule has 0 spiro atoms. The molecule has 2 unspecified atom stereocenters. The lowest BCUT2D eigenvalue weighted by Crippen LogP contribution is -2.16. The highest BCUT2D eigenvalue weighted by Crippen LogP contribution is 2.33. The van der Waals surface area contributed by atoms with E-state index in [1.165, 1.54) is 12.8 Å². The van der Waals surface area contributed by atoms with E-state index in [4.69, 9.17) is 0 Å². The van der Waals surface area contributed by atoms with E-state index in [1.54, 1.807) is 5.57 Å². The van der Waals surface area contributed by atoms with Crippen molar-refractivity contribution in [3.63, 3.8) is 0 Å². The van der Waals surface area contributed by atoms with Gasteiger partial charge in [0.25, 0.3) is 0 Å². The van der Waals surface area contributed by atoms with Gasteiger partial charge in [0.2, 0.25) is 0 Å². The number of hydrogen-bond acceptors (Lipinski definition) is 0. The summed E-state index contributed by atoms with van der Waals surface area (Å²) in [5.74, 6) is 1.51. The zero-order valence-corrected chi connectivity index (χ0v) is 6.96. The van der Waals surface area contributed by atoms with Crippen LogP contribution >= 0.6 is 0 Å². The minimum Gasteiger partial charge on any atom is -0.0879 e. The van der Waals surface area contributed by atoms with Crippen molar-refractivity contribution in [2.45, 2.75) is 19.8 Å². The Morgan fingerprint density at radius 1 is 1.36 bits per heavy atom. The average Bonchev–Trinajstić information content (AvgIpc) is 2.06. The highest BCUT2D eigenvalue weighted by molar-refractivity contribution is 5.26. The van der Waals surface area contributed by atoms with Gasteiger partial charge < -0.3 is 0 Å². The normalized spacial score (nSPS) is 34.8. The highest BCUT2D eigenvalue weighted by atomic mass is 14.3. The molecule has 2 aliphatic carbocycles. The fourth-order valence-electron chi connectivity index (χ4n) is 2.04. The second-order valence-electron chi connectivity index (χ2n) is 3.48. The van der Waals surface area contributed by atoms with Crippen LogP contribution in [0.2, 0.25) is 0 Å². The first-order valence-electron chi connectivity index (χ1n) is 4.39. The van der Waals surface area contributed by atoms with Crippen LogP contribution in [0.3, 0.4) is 0 Å². The summed E-state index contributed by atoms with van der Waals surface area (Å²) in [7, 11) is 0. The topological polar surface area (TPSA) is 0 Å². The Hall–Kier alpha value is -0.780. The van der Waals surface area contributed by atoms with Gasteiger partial charge in [-0.3, -0.25) is 0 Å². The third-order valence-corrected chi connectivity index (χ3v) is 2.74. The monoisotopic (exact) mass is 146 g/mol. The van der Waals surface area contributed by atoms with Gasteiger partial charge in [0, 0.05) is 5.92 Å². The Kier molecular flexibility index (Phi) is 1.69. The summed E-state index contributed by atoms with van der Waals surface area (Å²) in [6.45, 7) is 2.25. The molecule has 0 amide bonds. The van der Waals surface area contributed by atoms with Crippen LogP contribution in [-0.2, 0) is 0 Å². The zero-order valence-electron chi connectivity index (χ0n) is 6.96. The fourth-order valence-corrected chi connectivity index (χ4v) is 2.04. The molecule has 58 valence electrons. The second-order valence-corrected chi connectivity index (χ2v) is 3.48. The molecule has 0 heterocycles. The molecule has 0 N–H and O–H groups in total. The summed E-state index contributed by atoms with van der Waals surface area (Å²) >= 11 is 0. The van der Waals surface area contributed by atoms with Crippen molar-refractivity contribution in [2.24, 2.45) is 11.8 Å². The van der Waals surface area contributed by atoms with Crippen molar-refractivity contribution >= 4 is 0 Å². The summed E-state index contributed by atoms with van der Waals surface area (Å²) in [5.41, 5.74) is 1.56. The molecule has 11 heavy (non-hydrogen) atoms. The van der Waals surface area contributed by atoms with Gasteiger partial charge in [-0.1, -0.05) is 36.0 Å². The van der Waals surface area contributed by atoms with Crippen molar-refractivity contribution in [1.29, 1.82) is 0 Å². The average molecular weight is 146 g/mol. The molecule has 0 aromatic carbocycles. The SMILES string of the molecule is CC1=CC=CC2C=CCCC12. The van der Waals surface area contributed by atoms with Crippen LogP contribution in [0.1, 0.15) is 19.8 Å². The lowest BCUT2D eigenvalue weighted by Gasteiger charge is -2.28. The van der Waals surface area contributed by atoms with Crippen LogP contribution in [0.15, 0.2) is 36.0 Å². The molecule has 0 aromatic rings. The maximum atomic E-state index is 2.35.